The van der Waals surface area contributed by atoms with Crippen molar-refractivity contribution in [2.75, 3.05) is 30.3 Å². The Bertz CT molecular complexity index is 432. The largest absolute Gasteiger partial charge is 0.450 e. The van der Waals surface area contributed by atoms with Gasteiger partial charge in [-0.2, -0.15) is 0 Å². The fourth-order valence-corrected chi connectivity index (χ4v) is 1.51. The summed E-state index contributed by atoms with van der Waals surface area (Å²) in [5.41, 5.74) is 1.30. The molecule has 110 valence electrons. The van der Waals surface area contributed by atoms with Crippen LogP contribution >= 0.6 is 0 Å². The highest BCUT2D eigenvalue weighted by Crippen LogP contribution is 2.13. The lowest BCUT2D eigenvalue weighted by molar-refractivity contribution is -0.115. The predicted molar refractivity (Wildman–Crippen MR) is 78.9 cm³/mol. The average molecular weight is 279 g/mol. The normalized spacial score (nSPS) is 9.90. The summed E-state index contributed by atoms with van der Waals surface area (Å²) in [6.07, 6.45) is 0.495. The minimum Gasteiger partial charge on any atom is -0.450 e. The molecule has 0 heterocycles. The number of rotatable bonds is 7. The van der Waals surface area contributed by atoms with Crippen LogP contribution in [0, 0.1) is 0 Å². The molecule has 0 aliphatic heterocycles. The first-order chi connectivity index (χ1) is 9.65. The molecule has 2 amide bonds. The van der Waals surface area contributed by atoms with Gasteiger partial charge in [0, 0.05) is 11.4 Å². The van der Waals surface area contributed by atoms with E-state index in [0.29, 0.717) is 18.0 Å². The van der Waals surface area contributed by atoms with Gasteiger partial charge in [-0.15, -0.1) is 0 Å². The Morgan fingerprint density at radius 1 is 1.05 bits per heavy atom. The first kappa shape index (κ1) is 16.0. The Morgan fingerprint density at radius 3 is 2.20 bits per heavy atom. The smallest absolute Gasteiger partial charge is 0.411 e. The van der Waals surface area contributed by atoms with Gasteiger partial charge in [-0.1, -0.05) is 6.92 Å². The van der Waals surface area contributed by atoms with Crippen molar-refractivity contribution in [3.05, 3.63) is 24.3 Å². The first-order valence-corrected chi connectivity index (χ1v) is 6.70. The monoisotopic (exact) mass is 279 g/mol. The SMILES string of the molecule is CCCNCC(=O)Nc1ccc(NC(=O)OCC)cc1. The molecule has 0 aromatic heterocycles. The Balaban J connectivity index is 2.42. The highest BCUT2D eigenvalue weighted by atomic mass is 16.5. The van der Waals surface area contributed by atoms with Crippen LogP contribution in [0.25, 0.3) is 0 Å². The minimum atomic E-state index is -0.493. The van der Waals surface area contributed by atoms with Gasteiger partial charge in [0.25, 0.3) is 0 Å². The zero-order valence-electron chi connectivity index (χ0n) is 11.9. The molecule has 3 N–H and O–H groups in total. The molecule has 20 heavy (non-hydrogen) atoms. The van der Waals surface area contributed by atoms with Crippen LogP contribution < -0.4 is 16.0 Å². The summed E-state index contributed by atoms with van der Waals surface area (Å²) in [5, 5.41) is 8.36. The van der Waals surface area contributed by atoms with Crippen molar-refractivity contribution in [3.8, 4) is 0 Å². The van der Waals surface area contributed by atoms with Crippen molar-refractivity contribution in [1.29, 1.82) is 0 Å². The van der Waals surface area contributed by atoms with Gasteiger partial charge in [0.2, 0.25) is 5.91 Å². The van der Waals surface area contributed by atoms with Crippen LogP contribution in [0.1, 0.15) is 20.3 Å². The van der Waals surface area contributed by atoms with Crippen molar-refractivity contribution in [1.82, 2.24) is 5.32 Å². The van der Waals surface area contributed by atoms with E-state index in [4.69, 9.17) is 4.74 Å². The van der Waals surface area contributed by atoms with Crippen molar-refractivity contribution < 1.29 is 14.3 Å². The molecule has 0 bridgehead atoms. The predicted octanol–water partition coefficient (Wildman–Crippen LogP) is 2.19. The van der Waals surface area contributed by atoms with E-state index < -0.39 is 6.09 Å². The van der Waals surface area contributed by atoms with Crippen molar-refractivity contribution in [2.24, 2.45) is 0 Å². The number of ether oxygens (including phenoxy) is 1. The Morgan fingerprint density at radius 2 is 1.65 bits per heavy atom. The zero-order valence-corrected chi connectivity index (χ0v) is 11.9. The fraction of sp³-hybridized carbons (Fsp3) is 0.429. The maximum Gasteiger partial charge on any atom is 0.411 e. The van der Waals surface area contributed by atoms with Gasteiger partial charge >= 0.3 is 6.09 Å². The van der Waals surface area contributed by atoms with Crippen LogP contribution in [-0.4, -0.2) is 31.7 Å². The number of nitrogens with one attached hydrogen (secondary N) is 3. The number of carbonyl (C=O) groups is 2. The molecule has 6 nitrogen and oxygen atoms in total. The molecular weight excluding hydrogens is 258 g/mol. The molecule has 0 radical (unpaired) electrons. The van der Waals surface area contributed by atoms with E-state index in [-0.39, 0.29) is 12.5 Å². The number of carbonyl (C=O) groups excluding carboxylic acids is 2. The third kappa shape index (κ3) is 6.19. The van der Waals surface area contributed by atoms with Crippen molar-refractivity contribution >= 4 is 23.4 Å². The minimum absolute atomic E-state index is 0.0930. The quantitative estimate of drug-likeness (QED) is 0.668. The molecule has 1 aromatic carbocycles. The summed E-state index contributed by atoms with van der Waals surface area (Å²) in [6, 6.07) is 6.84. The molecule has 0 saturated carbocycles. The summed E-state index contributed by atoms with van der Waals surface area (Å²) >= 11 is 0. The third-order valence-electron chi connectivity index (χ3n) is 2.40. The van der Waals surface area contributed by atoms with Crippen LogP contribution in [0.5, 0.6) is 0 Å². The highest BCUT2D eigenvalue weighted by molar-refractivity contribution is 5.92. The number of anilines is 2. The van der Waals surface area contributed by atoms with Crippen LogP contribution in [0.4, 0.5) is 16.2 Å². The molecular formula is C14H21N3O3. The lowest BCUT2D eigenvalue weighted by atomic mass is 10.3. The van der Waals surface area contributed by atoms with E-state index in [1.54, 1.807) is 31.2 Å². The fourth-order valence-electron chi connectivity index (χ4n) is 1.51. The lowest BCUT2D eigenvalue weighted by Crippen LogP contribution is -2.28. The van der Waals surface area contributed by atoms with Gasteiger partial charge in [-0.25, -0.2) is 4.79 Å². The number of benzene rings is 1. The summed E-state index contributed by atoms with van der Waals surface area (Å²) in [4.78, 5) is 22.8. The summed E-state index contributed by atoms with van der Waals surface area (Å²) in [6.45, 7) is 5.21. The highest BCUT2D eigenvalue weighted by Gasteiger charge is 2.03. The molecule has 0 saturated heterocycles. The Hall–Kier alpha value is -2.08. The number of hydrogen-bond acceptors (Lipinski definition) is 4. The third-order valence-corrected chi connectivity index (χ3v) is 2.40. The van der Waals surface area contributed by atoms with Crippen molar-refractivity contribution in [2.45, 2.75) is 20.3 Å². The van der Waals surface area contributed by atoms with E-state index in [9.17, 15) is 9.59 Å². The molecule has 0 aliphatic carbocycles. The summed E-state index contributed by atoms with van der Waals surface area (Å²) in [5.74, 6) is -0.0930. The van der Waals surface area contributed by atoms with Gasteiger partial charge in [0.15, 0.2) is 0 Å². The number of hydrogen-bond donors (Lipinski definition) is 3. The van der Waals surface area contributed by atoms with Gasteiger partial charge in [0.1, 0.15) is 0 Å². The molecule has 0 unspecified atom stereocenters. The van der Waals surface area contributed by atoms with Gasteiger partial charge in [-0.3, -0.25) is 10.1 Å². The topological polar surface area (TPSA) is 79.5 Å². The van der Waals surface area contributed by atoms with Crippen LogP contribution in [0.15, 0.2) is 24.3 Å². The van der Waals surface area contributed by atoms with Crippen LogP contribution in [0.3, 0.4) is 0 Å². The van der Waals surface area contributed by atoms with Crippen LogP contribution in [-0.2, 0) is 9.53 Å². The standard InChI is InChI=1S/C14H21N3O3/c1-3-9-15-10-13(18)16-11-5-7-12(8-6-11)17-14(19)20-4-2/h5-8,15H,3-4,9-10H2,1-2H3,(H,16,18)(H,17,19). The maximum atomic E-state index is 11.6. The molecule has 0 fully saturated rings. The van der Waals surface area contributed by atoms with E-state index in [1.807, 2.05) is 6.92 Å². The summed E-state index contributed by atoms with van der Waals surface area (Å²) in [7, 11) is 0. The molecule has 0 aliphatic rings. The van der Waals surface area contributed by atoms with Gasteiger partial charge in [-0.05, 0) is 44.2 Å². The summed E-state index contributed by atoms with van der Waals surface area (Å²) < 4.78 is 4.77. The zero-order chi connectivity index (χ0) is 14.8. The second-order valence-electron chi connectivity index (χ2n) is 4.15. The van der Waals surface area contributed by atoms with Gasteiger partial charge < -0.3 is 15.4 Å². The second-order valence-corrected chi connectivity index (χ2v) is 4.15. The van der Waals surface area contributed by atoms with E-state index >= 15 is 0 Å². The van der Waals surface area contributed by atoms with E-state index in [1.165, 1.54) is 0 Å². The number of amides is 2. The second kappa shape index (κ2) is 8.92. The molecule has 6 heteroatoms. The molecule has 0 spiro atoms. The molecule has 1 aromatic rings. The lowest BCUT2D eigenvalue weighted by Gasteiger charge is -2.08. The Kier molecular flexibility index (Phi) is 7.13. The molecule has 0 atom stereocenters. The van der Waals surface area contributed by atoms with Gasteiger partial charge in [0.05, 0.1) is 13.2 Å². The van der Waals surface area contributed by atoms with E-state index in [2.05, 4.69) is 16.0 Å². The maximum absolute atomic E-state index is 11.6. The van der Waals surface area contributed by atoms with Crippen LogP contribution in [0.2, 0.25) is 0 Å². The van der Waals surface area contributed by atoms with E-state index in [0.717, 1.165) is 13.0 Å². The Labute approximate surface area is 118 Å². The first-order valence-electron chi connectivity index (χ1n) is 6.70. The van der Waals surface area contributed by atoms with Crippen molar-refractivity contribution in [3.63, 3.8) is 0 Å². The average Bonchev–Trinajstić information content (AvgIpc) is 2.41. The molecule has 1 rings (SSSR count).